The average molecular weight is 217 g/mol. The van der Waals surface area contributed by atoms with E-state index >= 15 is 0 Å². The summed E-state index contributed by atoms with van der Waals surface area (Å²) in [6.45, 7) is 6.26. The van der Waals surface area contributed by atoms with Crippen LogP contribution >= 0.6 is 0 Å². The van der Waals surface area contributed by atoms with Crippen LogP contribution in [0.1, 0.15) is 27.7 Å². The topological polar surface area (TPSA) is 83.9 Å². The van der Waals surface area contributed by atoms with Gasteiger partial charge >= 0.3 is 12.1 Å². The molecule has 1 unspecified atom stereocenters. The van der Waals surface area contributed by atoms with Crippen LogP contribution in [-0.4, -0.2) is 40.1 Å². The molecule has 86 valence electrons. The third-order valence-corrected chi connectivity index (χ3v) is 1.50. The van der Waals surface area contributed by atoms with Gasteiger partial charge < -0.3 is 9.84 Å². The first-order chi connectivity index (χ1) is 6.69. The Morgan fingerprint density at radius 3 is 2.13 bits per heavy atom. The van der Waals surface area contributed by atoms with Gasteiger partial charge in [0.05, 0.1) is 0 Å². The molecule has 6 heteroatoms. The average Bonchev–Trinajstić information content (AvgIpc) is 2.01. The first kappa shape index (κ1) is 13.4. The van der Waals surface area contributed by atoms with E-state index in [9.17, 15) is 14.4 Å². The summed E-state index contributed by atoms with van der Waals surface area (Å²) in [5, 5.41) is 8.58. The third-order valence-electron chi connectivity index (χ3n) is 1.50. The fraction of sp³-hybridized carbons (Fsp3) is 0.667. The summed E-state index contributed by atoms with van der Waals surface area (Å²) in [4.78, 5) is 32.7. The highest BCUT2D eigenvalue weighted by atomic mass is 16.6. The van der Waals surface area contributed by atoms with Crippen molar-refractivity contribution in [3.05, 3.63) is 0 Å². The highest BCUT2D eigenvalue weighted by Crippen LogP contribution is 2.10. The Kier molecular flexibility index (Phi) is 4.26. The van der Waals surface area contributed by atoms with E-state index in [1.807, 2.05) is 0 Å². The van der Waals surface area contributed by atoms with E-state index in [0.29, 0.717) is 4.90 Å². The largest absolute Gasteiger partial charge is 0.465 e. The zero-order chi connectivity index (χ0) is 12.2. The molecule has 2 amide bonds. The van der Waals surface area contributed by atoms with E-state index in [0.717, 1.165) is 0 Å². The Balaban J connectivity index is 4.56. The Morgan fingerprint density at radius 1 is 1.40 bits per heavy atom. The molecule has 0 saturated heterocycles. The van der Waals surface area contributed by atoms with Gasteiger partial charge in [-0.25, -0.2) is 14.5 Å². The number of carbonyl (C=O) groups is 3. The summed E-state index contributed by atoms with van der Waals surface area (Å²) in [6.07, 6.45) is -1.40. The van der Waals surface area contributed by atoms with Gasteiger partial charge in [0.15, 0.2) is 0 Å². The van der Waals surface area contributed by atoms with Crippen molar-refractivity contribution in [2.75, 3.05) is 0 Å². The summed E-state index contributed by atoms with van der Waals surface area (Å²) in [5.74, 6) is -0.753. The maximum Gasteiger partial charge on any atom is 0.414 e. The quantitative estimate of drug-likeness (QED) is 0.559. The van der Waals surface area contributed by atoms with Gasteiger partial charge in [-0.2, -0.15) is 0 Å². The molecule has 1 N–H and O–H groups in total. The molecule has 0 heterocycles. The number of esters is 1. The molecule has 0 saturated carbocycles. The molecule has 0 radical (unpaired) electrons. The Labute approximate surface area is 87.8 Å². The number of imide groups is 1. The van der Waals surface area contributed by atoms with E-state index in [1.54, 1.807) is 20.8 Å². The molecule has 1 atom stereocenters. The van der Waals surface area contributed by atoms with Crippen LogP contribution in [0.5, 0.6) is 0 Å². The summed E-state index contributed by atoms with van der Waals surface area (Å²) < 4.78 is 4.93. The second kappa shape index (κ2) is 4.77. The number of nitrogens with zero attached hydrogens (tertiary/aromatic N) is 1. The standard InChI is InChI=1S/C9H15NO5/c1-6(10(5-11)8(13)14)7(12)15-9(2,3)4/h5-6H,1-4H3,(H,13,14). The van der Waals surface area contributed by atoms with E-state index in [1.165, 1.54) is 6.92 Å². The van der Waals surface area contributed by atoms with Crippen LogP contribution in [0.4, 0.5) is 4.79 Å². The van der Waals surface area contributed by atoms with Gasteiger partial charge in [-0.05, 0) is 27.7 Å². The minimum Gasteiger partial charge on any atom is -0.465 e. The van der Waals surface area contributed by atoms with Crippen molar-refractivity contribution in [1.29, 1.82) is 0 Å². The lowest BCUT2D eigenvalue weighted by Gasteiger charge is -2.24. The number of amides is 2. The summed E-state index contributed by atoms with van der Waals surface area (Å²) in [6, 6.07) is -1.14. The van der Waals surface area contributed by atoms with Gasteiger partial charge in [0, 0.05) is 0 Å². The van der Waals surface area contributed by atoms with Crippen LogP contribution < -0.4 is 0 Å². The molecule has 0 rings (SSSR count). The van der Waals surface area contributed by atoms with Crippen LogP contribution in [-0.2, 0) is 14.3 Å². The molecule has 0 aliphatic heterocycles. The first-order valence-corrected chi connectivity index (χ1v) is 4.38. The van der Waals surface area contributed by atoms with E-state index < -0.39 is 23.7 Å². The van der Waals surface area contributed by atoms with Crippen molar-refractivity contribution in [2.24, 2.45) is 0 Å². The number of hydrogen-bond donors (Lipinski definition) is 1. The van der Waals surface area contributed by atoms with E-state index in [-0.39, 0.29) is 6.41 Å². The minimum atomic E-state index is -1.48. The molecule has 6 nitrogen and oxygen atoms in total. The predicted octanol–water partition coefficient (Wildman–Crippen LogP) is 0.853. The maximum atomic E-state index is 11.4. The summed E-state index contributed by atoms with van der Waals surface area (Å²) in [5.41, 5.74) is -0.710. The number of carbonyl (C=O) groups excluding carboxylic acids is 2. The van der Waals surface area contributed by atoms with Crippen molar-refractivity contribution in [3.8, 4) is 0 Å². The second-order valence-electron chi connectivity index (χ2n) is 4.00. The lowest BCUT2D eigenvalue weighted by atomic mass is 10.2. The van der Waals surface area contributed by atoms with Crippen molar-refractivity contribution < 1.29 is 24.2 Å². The molecular weight excluding hydrogens is 202 g/mol. The summed E-state index contributed by atoms with van der Waals surface area (Å²) >= 11 is 0. The van der Waals surface area contributed by atoms with Gasteiger partial charge in [-0.3, -0.25) is 4.79 Å². The van der Waals surface area contributed by atoms with Crippen molar-refractivity contribution in [3.63, 3.8) is 0 Å². The van der Waals surface area contributed by atoms with Crippen molar-refractivity contribution in [1.82, 2.24) is 4.90 Å². The number of carboxylic acid groups (broad SMARTS) is 1. The van der Waals surface area contributed by atoms with E-state index in [2.05, 4.69) is 0 Å². The maximum absolute atomic E-state index is 11.4. The Hall–Kier alpha value is -1.59. The molecular formula is C9H15NO5. The highest BCUT2D eigenvalue weighted by molar-refractivity contribution is 5.87. The number of rotatable bonds is 3. The van der Waals surface area contributed by atoms with Crippen molar-refractivity contribution >= 4 is 18.5 Å². The molecule has 0 aromatic rings. The predicted molar refractivity (Wildman–Crippen MR) is 51.2 cm³/mol. The molecule has 0 aromatic carbocycles. The zero-order valence-electron chi connectivity index (χ0n) is 9.18. The van der Waals surface area contributed by atoms with Crippen LogP contribution in [0.25, 0.3) is 0 Å². The van der Waals surface area contributed by atoms with Gasteiger partial charge in [-0.1, -0.05) is 0 Å². The second-order valence-corrected chi connectivity index (χ2v) is 4.00. The van der Waals surface area contributed by atoms with Crippen molar-refractivity contribution in [2.45, 2.75) is 39.3 Å². The van der Waals surface area contributed by atoms with Gasteiger partial charge in [0.25, 0.3) is 0 Å². The number of hydrogen-bond acceptors (Lipinski definition) is 4. The fourth-order valence-electron chi connectivity index (χ4n) is 0.803. The molecule has 0 spiro atoms. The molecule has 0 aliphatic rings. The molecule has 15 heavy (non-hydrogen) atoms. The molecule has 0 bridgehead atoms. The van der Waals surface area contributed by atoms with Crippen LogP contribution in [0.2, 0.25) is 0 Å². The first-order valence-electron chi connectivity index (χ1n) is 4.38. The zero-order valence-corrected chi connectivity index (χ0v) is 9.18. The lowest BCUT2D eigenvalue weighted by molar-refractivity contribution is -0.161. The fourth-order valence-corrected chi connectivity index (χ4v) is 0.803. The van der Waals surface area contributed by atoms with Gasteiger partial charge in [0.1, 0.15) is 11.6 Å². The molecule has 0 aromatic heterocycles. The highest BCUT2D eigenvalue weighted by Gasteiger charge is 2.29. The normalized spacial score (nSPS) is 12.8. The lowest BCUT2D eigenvalue weighted by Crippen LogP contribution is -2.44. The van der Waals surface area contributed by atoms with Gasteiger partial charge in [0.2, 0.25) is 6.41 Å². The Morgan fingerprint density at radius 2 is 1.87 bits per heavy atom. The van der Waals surface area contributed by atoms with Crippen LogP contribution in [0.15, 0.2) is 0 Å². The smallest absolute Gasteiger partial charge is 0.414 e. The van der Waals surface area contributed by atoms with Crippen LogP contribution in [0, 0.1) is 0 Å². The van der Waals surface area contributed by atoms with E-state index in [4.69, 9.17) is 9.84 Å². The molecule has 0 fully saturated rings. The third kappa shape index (κ3) is 4.44. The monoisotopic (exact) mass is 217 g/mol. The Bertz CT molecular complexity index is 268. The number of ether oxygens (including phenoxy) is 1. The SMILES string of the molecule is CC(C(=O)OC(C)(C)C)N(C=O)C(=O)O. The summed E-state index contributed by atoms with van der Waals surface area (Å²) in [7, 11) is 0. The van der Waals surface area contributed by atoms with Crippen LogP contribution in [0.3, 0.4) is 0 Å². The van der Waals surface area contributed by atoms with Gasteiger partial charge in [-0.15, -0.1) is 0 Å². The minimum absolute atomic E-state index is 0.0803. The molecule has 0 aliphatic carbocycles.